The molecule has 12 aromatic rings. The first kappa shape index (κ1) is 32.8. The summed E-state index contributed by atoms with van der Waals surface area (Å²) in [6.45, 7) is 0. The van der Waals surface area contributed by atoms with Crippen molar-refractivity contribution < 1.29 is 0 Å². The zero-order valence-electron chi connectivity index (χ0n) is 31.5. The van der Waals surface area contributed by atoms with Gasteiger partial charge in [0.15, 0.2) is 0 Å². The van der Waals surface area contributed by atoms with Crippen molar-refractivity contribution in [3.05, 3.63) is 212 Å². The lowest BCUT2D eigenvalue weighted by molar-refractivity contribution is 1.18. The number of rotatable bonds is 6. The molecule has 0 atom stereocenters. The monoisotopic (exact) mass is 757 g/mol. The molecule has 3 aromatic heterocycles. The van der Waals surface area contributed by atoms with Gasteiger partial charge in [0.2, 0.25) is 0 Å². The first-order valence-corrected chi connectivity index (χ1v) is 20.6. The van der Waals surface area contributed by atoms with E-state index in [1.807, 2.05) is 11.3 Å². The molecule has 0 radical (unpaired) electrons. The van der Waals surface area contributed by atoms with Crippen LogP contribution in [0.4, 0.5) is 17.1 Å². The molecular formula is C54H35N3S. The van der Waals surface area contributed by atoms with Gasteiger partial charge in [-0.3, -0.25) is 0 Å². The Morgan fingerprint density at radius 2 is 0.966 bits per heavy atom. The predicted octanol–water partition coefficient (Wildman–Crippen LogP) is 15.4. The SMILES string of the molecule is c1ccc(-c2ccccc2N(c2ccc3c4ccccc4n(-c4ccccc4)c3c2)c2cccc3c2c2ccccc2n3-c2cccc3sc4ccccc4c23)cc1. The minimum atomic E-state index is 1.09. The summed E-state index contributed by atoms with van der Waals surface area (Å²) in [6.07, 6.45) is 0. The molecule has 0 aliphatic carbocycles. The lowest BCUT2D eigenvalue weighted by Gasteiger charge is -2.29. The summed E-state index contributed by atoms with van der Waals surface area (Å²) in [4.78, 5) is 2.49. The van der Waals surface area contributed by atoms with Gasteiger partial charge >= 0.3 is 0 Å². The fourth-order valence-corrected chi connectivity index (χ4v) is 10.4. The van der Waals surface area contributed by atoms with Gasteiger partial charge in [-0.1, -0.05) is 140 Å². The standard InChI is InChI=1S/C54H35N3S/c1-3-17-36(18-4-1)39-21-7-11-25-44(39)56(38-33-34-41-40-22-8-12-26-45(40)55(50(41)35-38)37-19-5-2-6-20-37)47-28-15-29-48-53(47)42-23-9-13-27-46(42)57(48)49-30-16-32-52-54(49)43-24-10-14-31-51(43)58-52/h1-35H. The van der Waals surface area contributed by atoms with Gasteiger partial charge in [-0.25, -0.2) is 0 Å². The molecule has 3 nitrogen and oxygen atoms in total. The van der Waals surface area contributed by atoms with Gasteiger partial charge in [0.1, 0.15) is 0 Å². The highest BCUT2D eigenvalue weighted by Gasteiger charge is 2.25. The lowest BCUT2D eigenvalue weighted by atomic mass is 10.0. The van der Waals surface area contributed by atoms with Crippen molar-refractivity contribution >= 4 is 92.2 Å². The van der Waals surface area contributed by atoms with Gasteiger partial charge in [0.25, 0.3) is 0 Å². The molecular weight excluding hydrogens is 723 g/mol. The van der Waals surface area contributed by atoms with Crippen LogP contribution in [0, 0.1) is 0 Å². The number of para-hydroxylation sites is 4. The van der Waals surface area contributed by atoms with Crippen molar-refractivity contribution in [2.24, 2.45) is 0 Å². The Bertz CT molecular complexity index is 3520. The van der Waals surface area contributed by atoms with E-state index in [1.165, 1.54) is 75.1 Å². The highest BCUT2D eigenvalue weighted by Crippen LogP contribution is 2.48. The van der Waals surface area contributed by atoms with Crippen molar-refractivity contribution in [2.45, 2.75) is 0 Å². The lowest BCUT2D eigenvalue weighted by Crippen LogP contribution is -2.12. The summed E-state index contributed by atoms with van der Waals surface area (Å²) in [5.74, 6) is 0. The van der Waals surface area contributed by atoms with E-state index in [4.69, 9.17) is 0 Å². The Balaban J connectivity index is 1.19. The Kier molecular flexibility index (Phi) is 7.40. The number of fused-ring (bicyclic) bond motifs is 9. The maximum Gasteiger partial charge on any atom is 0.0562 e. The fraction of sp³-hybridized carbons (Fsp3) is 0. The number of hydrogen-bond donors (Lipinski definition) is 0. The van der Waals surface area contributed by atoms with E-state index >= 15 is 0 Å². The average molecular weight is 758 g/mol. The maximum absolute atomic E-state index is 2.49. The van der Waals surface area contributed by atoms with E-state index in [0.717, 1.165) is 28.3 Å². The molecule has 0 N–H and O–H groups in total. The first-order chi connectivity index (χ1) is 28.8. The molecule has 0 fully saturated rings. The Labute approximate surface area is 339 Å². The highest BCUT2D eigenvalue weighted by atomic mass is 32.1. The second kappa shape index (κ2) is 13.1. The zero-order chi connectivity index (χ0) is 38.2. The molecule has 0 spiro atoms. The van der Waals surface area contributed by atoms with E-state index in [2.05, 4.69) is 226 Å². The summed E-state index contributed by atoms with van der Waals surface area (Å²) in [5, 5.41) is 7.48. The van der Waals surface area contributed by atoms with Crippen LogP contribution in [0.1, 0.15) is 0 Å². The van der Waals surface area contributed by atoms with E-state index in [9.17, 15) is 0 Å². The number of hydrogen-bond acceptors (Lipinski definition) is 2. The average Bonchev–Trinajstić information content (AvgIpc) is 3.95. The van der Waals surface area contributed by atoms with Crippen LogP contribution in [0.2, 0.25) is 0 Å². The van der Waals surface area contributed by atoms with E-state index < -0.39 is 0 Å². The molecule has 0 bridgehead atoms. The smallest absolute Gasteiger partial charge is 0.0562 e. The van der Waals surface area contributed by atoms with Crippen molar-refractivity contribution in [1.29, 1.82) is 0 Å². The summed E-state index contributed by atoms with van der Waals surface area (Å²) in [6, 6.07) is 77.4. The minimum absolute atomic E-state index is 1.09. The number of thiophene rings is 1. The van der Waals surface area contributed by atoms with Crippen LogP contribution in [0.25, 0.3) is 86.3 Å². The second-order valence-corrected chi connectivity index (χ2v) is 16.0. The van der Waals surface area contributed by atoms with Crippen LogP contribution in [0.3, 0.4) is 0 Å². The van der Waals surface area contributed by atoms with Crippen molar-refractivity contribution in [3.63, 3.8) is 0 Å². The molecule has 0 aliphatic rings. The van der Waals surface area contributed by atoms with Crippen molar-refractivity contribution in [2.75, 3.05) is 4.90 Å². The molecule has 3 heterocycles. The largest absolute Gasteiger partial charge is 0.309 e. The fourth-order valence-electron chi connectivity index (χ4n) is 9.28. The van der Waals surface area contributed by atoms with Gasteiger partial charge in [0.05, 0.1) is 39.1 Å². The van der Waals surface area contributed by atoms with E-state index in [-0.39, 0.29) is 0 Å². The quantitative estimate of drug-likeness (QED) is 0.165. The molecule has 4 heteroatoms. The summed E-state index contributed by atoms with van der Waals surface area (Å²) < 4.78 is 7.50. The van der Waals surface area contributed by atoms with Gasteiger partial charge in [-0.2, -0.15) is 0 Å². The number of aromatic nitrogens is 2. The second-order valence-electron chi connectivity index (χ2n) is 14.9. The molecule has 272 valence electrons. The van der Waals surface area contributed by atoms with Gasteiger partial charge in [-0.15, -0.1) is 11.3 Å². The third-order valence-corrected chi connectivity index (χ3v) is 12.8. The van der Waals surface area contributed by atoms with Crippen molar-refractivity contribution in [1.82, 2.24) is 9.13 Å². The molecule has 0 aliphatic heterocycles. The summed E-state index contributed by atoms with van der Waals surface area (Å²) in [7, 11) is 0. The number of anilines is 3. The molecule has 0 unspecified atom stereocenters. The normalized spacial score (nSPS) is 11.8. The highest BCUT2D eigenvalue weighted by molar-refractivity contribution is 7.25. The van der Waals surface area contributed by atoms with Crippen molar-refractivity contribution in [3.8, 4) is 22.5 Å². The van der Waals surface area contributed by atoms with Crippen LogP contribution < -0.4 is 4.90 Å². The molecule has 0 saturated carbocycles. The Morgan fingerprint density at radius 3 is 1.81 bits per heavy atom. The Morgan fingerprint density at radius 1 is 0.362 bits per heavy atom. The first-order valence-electron chi connectivity index (χ1n) is 19.8. The van der Waals surface area contributed by atoms with Gasteiger partial charge < -0.3 is 14.0 Å². The van der Waals surface area contributed by atoms with E-state index in [1.54, 1.807) is 0 Å². The molecule has 0 saturated heterocycles. The molecule has 58 heavy (non-hydrogen) atoms. The third-order valence-electron chi connectivity index (χ3n) is 11.7. The van der Waals surface area contributed by atoms with Crippen LogP contribution in [-0.4, -0.2) is 9.13 Å². The topological polar surface area (TPSA) is 13.1 Å². The zero-order valence-corrected chi connectivity index (χ0v) is 32.3. The summed E-state index contributed by atoms with van der Waals surface area (Å²) in [5.41, 5.74) is 12.7. The number of nitrogens with zero attached hydrogens (tertiary/aromatic N) is 3. The van der Waals surface area contributed by atoms with Crippen LogP contribution in [0.15, 0.2) is 212 Å². The number of benzene rings is 9. The Hall–Kier alpha value is -7.40. The van der Waals surface area contributed by atoms with Crippen LogP contribution in [0.5, 0.6) is 0 Å². The third kappa shape index (κ3) is 4.92. The van der Waals surface area contributed by atoms with Gasteiger partial charge in [-0.05, 0) is 78.4 Å². The minimum Gasteiger partial charge on any atom is -0.309 e. The van der Waals surface area contributed by atoms with Gasteiger partial charge in [0, 0.05) is 58.7 Å². The predicted molar refractivity (Wildman–Crippen MR) is 248 cm³/mol. The summed E-state index contributed by atoms with van der Waals surface area (Å²) >= 11 is 1.86. The van der Waals surface area contributed by atoms with Crippen LogP contribution >= 0.6 is 11.3 Å². The molecule has 12 rings (SSSR count). The van der Waals surface area contributed by atoms with E-state index in [0.29, 0.717) is 0 Å². The molecule has 0 amide bonds. The van der Waals surface area contributed by atoms with Crippen LogP contribution in [-0.2, 0) is 0 Å². The maximum atomic E-state index is 2.49. The molecule has 9 aromatic carbocycles.